The molecule has 94 valence electrons. The van der Waals surface area contributed by atoms with E-state index >= 15 is 0 Å². The fraction of sp³-hybridized carbons (Fsp3) is 0.556. The maximum absolute atomic E-state index is 10.9. The third-order valence-electron chi connectivity index (χ3n) is 2.66. The maximum atomic E-state index is 10.9. The second-order valence-electron chi connectivity index (χ2n) is 3.76. The Bertz CT molecular complexity index is 462. The van der Waals surface area contributed by atoms with Gasteiger partial charge in [-0.2, -0.15) is 4.98 Å². The van der Waals surface area contributed by atoms with Crippen LogP contribution in [0, 0.1) is 0 Å². The molecule has 0 spiro atoms. The molecule has 0 saturated carbocycles. The van der Waals surface area contributed by atoms with E-state index in [1.165, 1.54) is 10.8 Å². The van der Waals surface area contributed by atoms with Gasteiger partial charge in [0.15, 0.2) is 6.23 Å². The van der Waals surface area contributed by atoms with Crippen LogP contribution in [0.2, 0.25) is 0 Å². The summed E-state index contributed by atoms with van der Waals surface area (Å²) in [5.41, 5.74) is 5.00. The number of nitrogens with two attached hydrogens (primary N) is 1. The van der Waals surface area contributed by atoms with Crippen molar-refractivity contribution < 1.29 is 20.1 Å². The van der Waals surface area contributed by atoms with E-state index in [1.54, 1.807) is 0 Å². The molecule has 17 heavy (non-hydrogen) atoms. The SMILES string of the molecule is Nc1nc(=O)ccn1[C@@H]1O[C@H](CO)[C@@H](O)[C@H]1O. The van der Waals surface area contributed by atoms with Crippen LogP contribution in [0.1, 0.15) is 6.23 Å². The van der Waals surface area contributed by atoms with Gasteiger partial charge in [-0.25, -0.2) is 0 Å². The van der Waals surface area contributed by atoms with Gasteiger partial charge in [-0.05, 0) is 0 Å². The number of hydrogen-bond acceptors (Lipinski definition) is 7. The van der Waals surface area contributed by atoms with Crippen molar-refractivity contribution in [3.8, 4) is 0 Å². The van der Waals surface area contributed by atoms with Crippen LogP contribution in [0.25, 0.3) is 0 Å². The molecule has 1 aliphatic rings. The molecule has 1 aromatic rings. The first-order chi connectivity index (χ1) is 8.04. The number of aromatic nitrogens is 2. The molecule has 8 nitrogen and oxygen atoms in total. The summed E-state index contributed by atoms with van der Waals surface area (Å²) in [5.74, 6) is -0.132. The molecule has 2 rings (SSSR count). The number of aliphatic hydroxyl groups is 3. The Labute approximate surface area is 95.9 Å². The molecule has 1 aliphatic heterocycles. The molecule has 0 amide bonds. The first-order valence-corrected chi connectivity index (χ1v) is 5.01. The van der Waals surface area contributed by atoms with Crippen molar-refractivity contribution in [2.45, 2.75) is 24.5 Å². The van der Waals surface area contributed by atoms with Crippen LogP contribution in [0.5, 0.6) is 0 Å². The lowest BCUT2D eigenvalue weighted by molar-refractivity contribution is -0.0523. The maximum Gasteiger partial charge on any atom is 0.274 e. The standard InChI is InChI=1S/C9H13N3O5/c10-9-11-5(14)1-2-12(9)8-7(16)6(15)4(3-13)17-8/h1-2,4,6-8,13,15-16H,3H2,(H2,10,11,14)/t4-,6-,7-,8-/m1/s1. The highest BCUT2D eigenvalue weighted by molar-refractivity contribution is 5.17. The first-order valence-electron chi connectivity index (χ1n) is 5.01. The number of rotatable bonds is 2. The molecule has 5 N–H and O–H groups in total. The Balaban J connectivity index is 2.32. The highest BCUT2D eigenvalue weighted by Crippen LogP contribution is 2.29. The van der Waals surface area contributed by atoms with Crippen LogP contribution in [0.15, 0.2) is 17.1 Å². The molecule has 8 heteroatoms. The number of nitrogen functional groups attached to an aromatic ring is 1. The zero-order valence-electron chi connectivity index (χ0n) is 8.80. The first kappa shape index (κ1) is 12.0. The summed E-state index contributed by atoms with van der Waals surface area (Å²) >= 11 is 0. The number of aliphatic hydroxyl groups excluding tert-OH is 3. The van der Waals surface area contributed by atoms with Crippen molar-refractivity contribution in [3.05, 3.63) is 22.6 Å². The average Bonchev–Trinajstić information content (AvgIpc) is 2.57. The molecule has 0 bridgehead atoms. The van der Waals surface area contributed by atoms with Gasteiger partial charge in [0, 0.05) is 12.3 Å². The van der Waals surface area contributed by atoms with E-state index in [4.69, 9.17) is 15.6 Å². The number of anilines is 1. The predicted molar refractivity (Wildman–Crippen MR) is 55.9 cm³/mol. The van der Waals surface area contributed by atoms with Gasteiger partial charge in [0.05, 0.1) is 6.61 Å². The molecule has 0 aromatic carbocycles. The van der Waals surface area contributed by atoms with Gasteiger partial charge >= 0.3 is 0 Å². The van der Waals surface area contributed by atoms with E-state index in [0.29, 0.717) is 0 Å². The Morgan fingerprint density at radius 3 is 2.71 bits per heavy atom. The van der Waals surface area contributed by atoms with Crippen LogP contribution in [0.4, 0.5) is 5.95 Å². The summed E-state index contributed by atoms with van der Waals surface area (Å²) in [7, 11) is 0. The van der Waals surface area contributed by atoms with Gasteiger partial charge in [0.2, 0.25) is 5.95 Å². The highest BCUT2D eigenvalue weighted by Gasteiger charge is 2.43. The van der Waals surface area contributed by atoms with Crippen molar-refractivity contribution in [1.29, 1.82) is 0 Å². The quantitative estimate of drug-likeness (QED) is 0.449. The van der Waals surface area contributed by atoms with Crippen LogP contribution < -0.4 is 11.3 Å². The zero-order chi connectivity index (χ0) is 12.6. The van der Waals surface area contributed by atoms with Crippen LogP contribution in [-0.4, -0.2) is 49.8 Å². The van der Waals surface area contributed by atoms with E-state index in [0.717, 1.165) is 6.07 Å². The monoisotopic (exact) mass is 243 g/mol. The summed E-state index contributed by atoms with van der Waals surface area (Å²) in [6.07, 6.45) is -3.03. The topological polar surface area (TPSA) is 131 Å². The molecule has 2 heterocycles. The van der Waals surface area contributed by atoms with E-state index in [2.05, 4.69) is 4.98 Å². The minimum absolute atomic E-state index is 0.132. The van der Waals surface area contributed by atoms with Crippen molar-refractivity contribution in [1.82, 2.24) is 9.55 Å². The van der Waals surface area contributed by atoms with E-state index < -0.39 is 36.7 Å². The molecular formula is C9H13N3O5. The molecule has 1 aromatic heterocycles. The lowest BCUT2D eigenvalue weighted by atomic mass is 10.1. The molecule has 0 unspecified atom stereocenters. The van der Waals surface area contributed by atoms with Crippen molar-refractivity contribution in [3.63, 3.8) is 0 Å². The van der Waals surface area contributed by atoms with Crippen LogP contribution in [0.3, 0.4) is 0 Å². The number of hydrogen-bond donors (Lipinski definition) is 4. The second kappa shape index (κ2) is 4.41. The Kier molecular flexibility index (Phi) is 3.11. The smallest absolute Gasteiger partial charge is 0.274 e. The van der Waals surface area contributed by atoms with Crippen LogP contribution in [-0.2, 0) is 4.74 Å². The Morgan fingerprint density at radius 2 is 2.18 bits per heavy atom. The van der Waals surface area contributed by atoms with Crippen molar-refractivity contribution in [2.24, 2.45) is 0 Å². The van der Waals surface area contributed by atoms with Gasteiger partial charge in [0.1, 0.15) is 18.3 Å². The average molecular weight is 243 g/mol. The molecule has 1 fully saturated rings. The fourth-order valence-electron chi connectivity index (χ4n) is 1.75. The van der Waals surface area contributed by atoms with Crippen molar-refractivity contribution >= 4 is 5.95 Å². The molecular weight excluding hydrogens is 230 g/mol. The summed E-state index contributed by atoms with van der Waals surface area (Å²) in [5, 5.41) is 28.2. The lowest BCUT2D eigenvalue weighted by Gasteiger charge is -2.19. The van der Waals surface area contributed by atoms with Gasteiger partial charge in [0.25, 0.3) is 5.56 Å². The summed E-state index contributed by atoms with van der Waals surface area (Å²) in [6.45, 7) is -0.428. The van der Waals surface area contributed by atoms with Gasteiger partial charge in [-0.15, -0.1) is 0 Å². The van der Waals surface area contributed by atoms with Gasteiger partial charge in [-0.3, -0.25) is 9.36 Å². The Hall–Kier alpha value is -1.48. The summed E-state index contributed by atoms with van der Waals surface area (Å²) in [4.78, 5) is 14.4. The third-order valence-corrected chi connectivity index (χ3v) is 2.66. The predicted octanol–water partition coefficient (Wildman–Crippen LogP) is -2.56. The van der Waals surface area contributed by atoms with Crippen molar-refractivity contribution in [2.75, 3.05) is 12.3 Å². The normalized spacial score (nSPS) is 32.9. The molecule has 0 aliphatic carbocycles. The molecule has 1 saturated heterocycles. The molecule has 0 radical (unpaired) electrons. The summed E-state index contributed by atoms with van der Waals surface area (Å²) in [6, 6.07) is 1.16. The minimum Gasteiger partial charge on any atom is -0.394 e. The van der Waals surface area contributed by atoms with E-state index in [1.807, 2.05) is 0 Å². The van der Waals surface area contributed by atoms with Gasteiger partial charge in [-0.1, -0.05) is 0 Å². The fourth-order valence-corrected chi connectivity index (χ4v) is 1.75. The van der Waals surface area contributed by atoms with Crippen LogP contribution >= 0.6 is 0 Å². The third kappa shape index (κ3) is 2.03. The lowest BCUT2D eigenvalue weighted by Crippen LogP contribution is -2.33. The summed E-state index contributed by atoms with van der Waals surface area (Å²) < 4.78 is 6.46. The van der Waals surface area contributed by atoms with Gasteiger partial charge < -0.3 is 25.8 Å². The molecule has 4 atom stereocenters. The largest absolute Gasteiger partial charge is 0.394 e. The van der Waals surface area contributed by atoms with E-state index in [-0.39, 0.29) is 5.95 Å². The number of ether oxygens (including phenoxy) is 1. The highest BCUT2D eigenvalue weighted by atomic mass is 16.6. The second-order valence-corrected chi connectivity index (χ2v) is 3.76. The zero-order valence-corrected chi connectivity index (χ0v) is 8.80. The number of nitrogens with zero attached hydrogens (tertiary/aromatic N) is 2. The van der Waals surface area contributed by atoms with E-state index in [9.17, 15) is 15.0 Å². The minimum atomic E-state index is -1.25. The Morgan fingerprint density at radius 1 is 1.47 bits per heavy atom.